The predicted octanol–water partition coefficient (Wildman–Crippen LogP) is 5.31. The number of aliphatic hydroxyl groups is 2. The average Bonchev–Trinajstić information content (AvgIpc) is 3.34. The topological polar surface area (TPSA) is 120 Å². The van der Waals surface area contributed by atoms with E-state index in [1.54, 1.807) is 20.8 Å². The maximum Gasteiger partial charge on any atom is 0.407 e. The predicted molar refractivity (Wildman–Crippen MR) is 189 cm³/mol. The third-order valence-electron chi connectivity index (χ3n) is 8.28. The van der Waals surface area contributed by atoms with Crippen molar-refractivity contribution in [3.8, 4) is 5.75 Å². The van der Waals surface area contributed by atoms with Gasteiger partial charge >= 0.3 is 6.09 Å². The number of fused-ring (bicyclic) bond motifs is 1. The van der Waals surface area contributed by atoms with Crippen molar-refractivity contribution in [2.75, 3.05) is 27.2 Å². The van der Waals surface area contributed by atoms with Gasteiger partial charge in [0.05, 0.1) is 24.3 Å². The Morgan fingerprint density at radius 3 is 2.38 bits per heavy atom. The van der Waals surface area contributed by atoms with Crippen LogP contribution in [-0.4, -0.2) is 78.2 Å². The lowest BCUT2D eigenvalue weighted by Gasteiger charge is -2.29. The minimum atomic E-state index is -1.09. The van der Waals surface area contributed by atoms with Crippen molar-refractivity contribution in [3.63, 3.8) is 0 Å². The van der Waals surface area contributed by atoms with Gasteiger partial charge in [0.25, 0.3) is 0 Å². The zero-order chi connectivity index (χ0) is 34.7. The Morgan fingerprint density at radius 1 is 1.00 bits per heavy atom. The summed E-state index contributed by atoms with van der Waals surface area (Å²) in [5.41, 5.74) is 3.05. The summed E-state index contributed by atoms with van der Waals surface area (Å²) in [5, 5.41) is 28.5. The second-order valence-electron chi connectivity index (χ2n) is 13.8. The van der Waals surface area contributed by atoms with Crippen LogP contribution in [0.15, 0.2) is 84.9 Å². The van der Waals surface area contributed by atoms with Gasteiger partial charge in [0, 0.05) is 18.9 Å². The molecule has 258 valence electrons. The van der Waals surface area contributed by atoms with E-state index >= 15 is 0 Å². The van der Waals surface area contributed by atoms with E-state index in [9.17, 15) is 19.8 Å². The van der Waals surface area contributed by atoms with Crippen LogP contribution in [0.4, 0.5) is 4.79 Å². The van der Waals surface area contributed by atoms with Gasteiger partial charge in [-0.1, -0.05) is 78.9 Å². The van der Waals surface area contributed by atoms with Crippen LogP contribution in [0, 0.1) is 5.92 Å². The first-order valence-corrected chi connectivity index (χ1v) is 16.7. The largest absolute Gasteiger partial charge is 0.492 e. The van der Waals surface area contributed by atoms with E-state index in [1.807, 2.05) is 110 Å². The number of likely N-dealkylation sites (N-methyl/N-ethyl adjacent to an activating group) is 1. The molecule has 0 spiro atoms. The molecular formula is C39H51N3O6. The van der Waals surface area contributed by atoms with Gasteiger partial charge in [0.1, 0.15) is 18.0 Å². The zero-order valence-electron chi connectivity index (χ0n) is 28.8. The SMILES string of the molecule is CN(C)CCOc1ccc(CC(NC(=O)OC(C)(C)C)C(O)CC(CC=Cc2ccccc2)C(=O)N[C@H]2c3ccccc3C[C@@H]2O)cc1. The summed E-state index contributed by atoms with van der Waals surface area (Å²) in [6.45, 7) is 6.68. The molecule has 48 heavy (non-hydrogen) atoms. The lowest BCUT2D eigenvalue weighted by atomic mass is 9.90. The van der Waals surface area contributed by atoms with Crippen LogP contribution in [-0.2, 0) is 22.4 Å². The summed E-state index contributed by atoms with van der Waals surface area (Å²) in [7, 11) is 3.97. The molecule has 0 bridgehead atoms. The van der Waals surface area contributed by atoms with Crippen molar-refractivity contribution in [1.29, 1.82) is 0 Å². The first kappa shape index (κ1) is 36.7. The van der Waals surface area contributed by atoms with Crippen LogP contribution in [0.5, 0.6) is 5.75 Å². The molecule has 4 rings (SSSR count). The van der Waals surface area contributed by atoms with Gasteiger partial charge in [-0.05, 0) is 88.5 Å². The fourth-order valence-corrected chi connectivity index (χ4v) is 5.78. The number of carbonyl (C=O) groups is 2. The van der Waals surface area contributed by atoms with Crippen molar-refractivity contribution in [2.45, 2.75) is 76.3 Å². The quantitative estimate of drug-likeness (QED) is 0.175. The monoisotopic (exact) mass is 657 g/mol. The summed E-state index contributed by atoms with van der Waals surface area (Å²) in [6.07, 6.45) is 2.59. The van der Waals surface area contributed by atoms with Crippen LogP contribution < -0.4 is 15.4 Å². The number of carbonyl (C=O) groups excluding carboxylic acids is 2. The molecule has 0 aromatic heterocycles. The van der Waals surface area contributed by atoms with Crippen LogP contribution in [0.25, 0.3) is 6.08 Å². The van der Waals surface area contributed by atoms with Gasteiger partial charge in [-0.3, -0.25) is 4.79 Å². The molecule has 3 unspecified atom stereocenters. The summed E-state index contributed by atoms with van der Waals surface area (Å²) in [4.78, 5) is 28.9. The van der Waals surface area contributed by atoms with Gasteiger partial charge in [-0.15, -0.1) is 0 Å². The van der Waals surface area contributed by atoms with Gasteiger partial charge in [-0.25, -0.2) is 4.79 Å². The zero-order valence-corrected chi connectivity index (χ0v) is 28.8. The number of ether oxygens (including phenoxy) is 2. The minimum Gasteiger partial charge on any atom is -0.492 e. The Balaban J connectivity index is 1.53. The second kappa shape index (κ2) is 17.3. The number of hydrogen-bond donors (Lipinski definition) is 4. The van der Waals surface area contributed by atoms with E-state index in [0.29, 0.717) is 25.9 Å². The van der Waals surface area contributed by atoms with Crippen molar-refractivity contribution in [2.24, 2.45) is 5.92 Å². The highest BCUT2D eigenvalue weighted by Gasteiger charge is 2.35. The number of hydrogen-bond acceptors (Lipinski definition) is 7. The highest BCUT2D eigenvalue weighted by atomic mass is 16.6. The molecular weight excluding hydrogens is 606 g/mol. The molecule has 0 saturated heterocycles. The fraction of sp³-hybridized carbons (Fsp3) is 0.436. The maximum absolute atomic E-state index is 13.9. The second-order valence-corrected chi connectivity index (χ2v) is 13.8. The summed E-state index contributed by atoms with van der Waals surface area (Å²) in [6, 6.07) is 23.8. The van der Waals surface area contributed by atoms with Gasteiger partial charge in [0.2, 0.25) is 5.91 Å². The van der Waals surface area contributed by atoms with Crippen LogP contribution in [0.2, 0.25) is 0 Å². The standard InChI is InChI=1S/C39H51N3O6/c1-39(2,3)48-38(46)40-33(24-28-18-20-31(21-19-28)47-23-22-42(4)5)34(43)26-30(16-11-14-27-12-7-6-8-13-27)37(45)41-36-32-17-10-9-15-29(32)25-35(36)44/h6-15,17-21,30,33-36,43-44H,16,22-26H2,1-5H3,(H,40,46)(H,41,45)/t30?,33?,34?,35-,36-/m0/s1. The van der Waals surface area contributed by atoms with Crippen LogP contribution in [0.3, 0.4) is 0 Å². The normalized spacial score (nSPS) is 17.8. The third-order valence-corrected chi connectivity index (χ3v) is 8.28. The molecule has 9 heteroatoms. The number of aliphatic hydroxyl groups excluding tert-OH is 2. The van der Waals surface area contributed by atoms with Crippen LogP contribution in [0.1, 0.15) is 61.9 Å². The number of alkyl carbamates (subject to hydrolysis) is 1. The molecule has 3 aromatic carbocycles. The molecule has 0 aliphatic heterocycles. The number of rotatable bonds is 15. The summed E-state index contributed by atoms with van der Waals surface area (Å²) < 4.78 is 11.4. The lowest BCUT2D eigenvalue weighted by Crippen LogP contribution is -2.48. The number of nitrogens with one attached hydrogen (secondary N) is 2. The molecule has 3 aromatic rings. The van der Waals surface area contributed by atoms with Crippen molar-refractivity contribution in [3.05, 3.63) is 107 Å². The van der Waals surface area contributed by atoms with Gasteiger partial charge < -0.3 is 35.2 Å². The summed E-state index contributed by atoms with van der Waals surface area (Å²) >= 11 is 0. The molecule has 0 saturated carbocycles. The van der Waals surface area contributed by atoms with E-state index in [2.05, 4.69) is 10.6 Å². The van der Waals surface area contributed by atoms with E-state index in [4.69, 9.17) is 9.47 Å². The molecule has 1 aliphatic carbocycles. The summed E-state index contributed by atoms with van der Waals surface area (Å²) in [5.74, 6) is -0.187. The molecule has 0 fully saturated rings. The van der Waals surface area contributed by atoms with E-state index in [0.717, 1.165) is 34.5 Å². The van der Waals surface area contributed by atoms with Gasteiger partial charge in [-0.2, -0.15) is 0 Å². The van der Waals surface area contributed by atoms with E-state index < -0.39 is 41.9 Å². The first-order chi connectivity index (χ1) is 22.9. The first-order valence-electron chi connectivity index (χ1n) is 16.7. The molecule has 0 radical (unpaired) electrons. The highest BCUT2D eigenvalue weighted by molar-refractivity contribution is 5.80. The molecule has 1 aliphatic rings. The Kier molecular flexibility index (Phi) is 13.2. The van der Waals surface area contributed by atoms with E-state index in [-0.39, 0.29) is 12.3 Å². The number of amides is 2. The van der Waals surface area contributed by atoms with E-state index in [1.165, 1.54) is 0 Å². The van der Waals surface area contributed by atoms with Crippen LogP contribution >= 0.6 is 0 Å². The Morgan fingerprint density at radius 2 is 1.69 bits per heavy atom. The molecule has 0 heterocycles. The molecule has 9 nitrogen and oxygen atoms in total. The Hall–Kier alpha value is -4.18. The minimum absolute atomic E-state index is 0.0711. The third kappa shape index (κ3) is 11.5. The molecule has 5 atom stereocenters. The van der Waals surface area contributed by atoms with Gasteiger partial charge in [0.15, 0.2) is 0 Å². The van der Waals surface area contributed by atoms with Crippen molar-refractivity contribution >= 4 is 18.1 Å². The highest BCUT2D eigenvalue weighted by Crippen LogP contribution is 2.32. The smallest absolute Gasteiger partial charge is 0.407 e. The Bertz CT molecular complexity index is 1490. The molecule has 2 amide bonds. The maximum atomic E-state index is 13.9. The number of nitrogens with zero attached hydrogens (tertiary/aromatic N) is 1. The fourth-order valence-electron chi connectivity index (χ4n) is 5.78. The average molecular weight is 658 g/mol. The molecule has 4 N–H and O–H groups in total. The number of allylic oxidation sites excluding steroid dienone is 1. The number of benzene rings is 3. The lowest BCUT2D eigenvalue weighted by molar-refractivity contribution is -0.127. The Labute approximate surface area is 285 Å². The van der Waals surface area contributed by atoms with Crippen molar-refractivity contribution < 1.29 is 29.3 Å². The van der Waals surface area contributed by atoms with Crippen molar-refractivity contribution in [1.82, 2.24) is 15.5 Å².